The van der Waals surface area contributed by atoms with Crippen molar-refractivity contribution in [2.75, 3.05) is 13.2 Å². The maximum atomic E-state index is 5.72. The van der Waals surface area contributed by atoms with Crippen LogP contribution in [-0.4, -0.2) is 35.1 Å². The molecule has 104 valence electrons. The summed E-state index contributed by atoms with van der Waals surface area (Å²) in [6, 6.07) is 2.52. The Morgan fingerprint density at radius 1 is 1.39 bits per heavy atom. The van der Waals surface area contributed by atoms with Gasteiger partial charge in [0.15, 0.2) is 0 Å². The van der Waals surface area contributed by atoms with Crippen molar-refractivity contribution >= 4 is 0 Å². The molecule has 18 heavy (non-hydrogen) atoms. The first-order chi connectivity index (χ1) is 8.62. The van der Waals surface area contributed by atoms with E-state index < -0.39 is 0 Å². The van der Waals surface area contributed by atoms with E-state index in [0.29, 0.717) is 6.04 Å². The molecule has 1 rings (SSSR count). The second kappa shape index (κ2) is 7.54. The molecular weight excluding hydrogens is 226 g/mol. The van der Waals surface area contributed by atoms with Crippen molar-refractivity contribution in [1.29, 1.82) is 0 Å². The Labute approximate surface area is 111 Å². The Hall–Kier alpha value is -0.870. The molecule has 1 aromatic rings. The molecule has 4 heteroatoms. The van der Waals surface area contributed by atoms with Crippen molar-refractivity contribution in [2.45, 2.75) is 59.7 Å². The van der Waals surface area contributed by atoms with Gasteiger partial charge in [0.25, 0.3) is 0 Å². The van der Waals surface area contributed by atoms with Crippen LogP contribution in [0.2, 0.25) is 0 Å². The van der Waals surface area contributed by atoms with E-state index in [-0.39, 0.29) is 6.10 Å². The fourth-order valence-corrected chi connectivity index (χ4v) is 2.31. The highest BCUT2D eigenvalue weighted by atomic mass is 16.5. The highest BCUT2D eigenvalue weighted by Gasteiger charge is 2.19. The highest BCUT2D eigenvalue weighted by Crippen LogP contribution is 2.11. The number of nitrogens with one attached hydrogen (secondary N) is 1. The van der Waals surface area contributed by atoms with Crippen LogP contribution >= 0.6 is 0 Å². The van der Waals surface area contributed by atoms with E-state index in [1.807, 2.05) is 13.8 Å². The molecule has 0 bridgehead atoms. The molecule has 2 unspecified atom stereocenters. The number of nitrogens with zero attached hydrogens (tertiary/aromatic N) is 2. The molecule has 0 aliphatic heterocycles. The molecule has 0 aliphatic carbocycles. The van der Waals surface area contributed by atoms with E-state index in [9.17, 15) is 0 Å². The van der Waals surface area contributed by atoms with Crippen LogP contribution in [-0.2, 0) is 17.7 Å². The Morgan fingerprint density at radius 2 is 2.11 bits per heavy atom. The molecule has 0 amide bonds. The van der Waals surface area contributed by atoms with Crippen LogP contribution in [0.25, 0.3) is 0 Å². The van der Waals surface area contributed by atoms with Crippen LogP contribution in [0.5, 0.6) is 0 Å². The zero-order valence-corrected chi connectivity index (χ0v) is 12.4. The molecule has 0 aliphatic rings. The van der Waals surface area contributed by atoms with Gasteiger partial charge < -0.3 is 10.1 Å². The average molecular weight is 253 g/mol. The Kier molecular flexibility index (Phi) is 6.36. The minimum absolute atomic E-state index is 0.218. The van der Waals surface area contributed by atoms with Crippen molar-refractivity contribution < 1.29 is 4.74 Å². The third kappa shape index (κ3) is 4.10. The summed E-state index contributed by atoms with van der Waals surface area (Å²) in [5.74, 6) is 0. The lowest BCUT2D eigenvalue weighted by atomic mass is 10.1. The van der Waals surface area contributed by atoms with Gasteiger partial charge in [-0.15, -0.1) is 0 Å². The van der Waals surface area contributed by atoms with E-state index in [1.165, 1.54) is 5.69 Å². The second-order valence-electron chi connectivity index (χ2n) is 4.62. The first-order valence-electron chi connectivity index (χ1n) is 7.00. The highest BCUT2D eigenvalue weighted by molar-refractivity contribution is 5.11. The van der Waals surface area contributed by atoms with Gasteiger partial charge in [-0.25, -0.2) is 0 Å². The molecule has 1 N–H and O–H groups in total. The SMILES string of the molecule is CCNC(Cc1cc(C)nn1CC)C(C)OCC. The summed E-state index contributed by atoms with van der Waals surface area (Å²) in [4.78, 5) is 0. The van der Waals surface area contributed by atoms with Crippen LogP contribution in [0.15, 0.2) is 6.07 Å². The van der Waals surface area contributed by atoms with Crippen LogP contribution < -0.4 is 5.32 Å². The molecule has 1 heterocycles. The average Bonchev–Trinajstić information content (AvgIpc) is 2.69. The molecule has 0 radical (unpaired) electrons. The number of aryl methyl sites for hydroxylation is 2. The van der Waals surface area contributed by atoms with Crippen LogP contribution in [0.4, 0.5) is 0 Å². The number of rotatable bonds is 8. The Balaban J connectivity index is 2.75. The van der Waals surface area contributed by atoms with Gasteiger partial charge in [-0.05, 0) is 40.3 Å². The molecule has 0 saturated carbocycles. The molecule has 0 aromatic carbocycles. The fourth-order valence-electron chi connectivity index (χ4n) is 2.31. The zero-order chi connectivity index (χ0) is 13.5. The maximum Gasteiger partial charge on any atom is 0.0703 e. The molecule has 4 nitrogen and oxygen atoms in total. The van der Waals surface area contributed by atoms with Gasteiger partial charge in [-0.2, -0.15) is 5.10 Å². The summed E-state index contributed by atoms with van der Waals surface area (Å²) < 4.78 is 7.80. The van der Waals surface area contributed by atoms with Gasteiger partial charge in [0.2, 0.25) is 0 Å². The smallest absolute Gasteiger partial charge is 0.0703 e. The van der Waals surface area contributed by atoms with Crippen LogP contribution in [0, 0.1) is 6.92 Å². The largest absolute Gasteiger partial charge is 0.377 e. The molecule has 0 spiro atoms. The lowest BCUT2D eigenvalue weighted by Gasteiger charge is -2.24. The van der Waals surface area contributed by atoms with E-state index in [2.05, 4.69) is 41.9 Å². The van der Waals surface area contributed by atoms with Crippen molar-refractivity contribution in [1.82, 2.24) is 15.1 Å². The minimum Gasteiger partial charge on any atom is -0.377 e. The van der Waals surface area contributed by atoms with Gasteiger partial charge in [0.05, 0.1) is 11.8 Å². The predicted octanol–water partition coefficient (Wildman–Crippen LogP) is 2.16. The van der Waals surface area contributed by atoms with Crippen molar-refractivity contribution in [3.8, 4) is 0 Å². The fraction of sp³-hybridized carbons (Fsp3) is 0.786. The summed E-state index contributed by atoms with van der Waals surface area (Å²) in [6.45, 7) is 13.1. The van der Waals surface area contributed by atoms with E-state index in [1.54, 1.807) is 0 Å². The Morgan fingerprint density at radius 3 is 2.67 bits per heavy atom. The quantitative estimate of drug-likeness (QED) is 0.771. The van der Waals surface area contributed by atoms with Crippen LogP contribution in [0.3, 0.4) is 0 Å². The number of likely N-dealkylation sites (N-methyl/N-ethyl adjacent to an activating group) is 1. The summed E-state index contributed by atoms with van der Waals surface area (Å²) >= 11 is 0. The number of aromatic nitrogens is 2. The summed E-state index contributed by atoms with van der Waals surface area (Å²) in [6.07, 6.45) is 1.18. The standard InChI is InChI=1S/C14H27N3O/c1-6-15-14(12(5)18-8-3)10-13-9-11(4)16-17(13)7-2/h9,12,14-15H,6-8,10H2,1-5H3. The minimum atomic E-state index is 0.218. The maximum absolute atomic E-state index is 5.72. The topological polar surface area (TPSA) is 39.1 Å². The number of hydrogen-bond acceptors (Lipinski definition) is 3. The third-order valence-electron chi connectivity index (χ3n) is 3.18. The second-order valence-corrected chi connectivity index (χ2v) is 4.62. The summed E-state index contributed by atoms with van der Waals surface area (Å²) in [7, 11) is 0. The van der Waals surface area contributed by atoms with Gasteiger partial charge in [0, 0.05) is 31.3 Å². The molecular formula is C14H27N3O. The monoisotopic (exact) mass is 253 g/mol. The van der Waals surface area contributed by atoms with Gasteiger partial charge >= 0.3 is 0 Å². The van der Waals surface area contributed by atoms with Crippen molar-refractivity contribution in [3.63, 3.8) is 0 Å². The Bertz CT molecular complexity index is 349. The molecule has 0 fully saturated rings. The van der Waals surface area contributed by atoms with E-state index >= 15 is 0 Å². The first kappa shape index (κ1) is 15.2. The first-order valence-corrected chi connectivity index (χ1v) is 7.00. The van der Waals surface area contributed by atoms with Gasteiger partial charge in [-0.3, -0.25) is 4.68 Å². The van der Waals surface area contributed by atoms with Crippen molar-refractivity contribution in [3.05, 3.63) is 17.5 Å². The summed E-state index contributed by atoms with van der Waals surface area (Å²) in [5, 5.41) is 8.01. The van der Waals surface area contributed by atoms with Gasteiger partial charge in [0.1, 0.15) is 0 Å². The lowest BCUT2D eigenvalue weighted by Crippen LogP contribution is -2.41. The molecule has 1 aromatic heterocycles. The van der Waals surface area contributed by atoms with Crippen LogP contribution in [0.1, 0.15) is 39.1 Å². The van der Waals surface area contributed by atoms with Gasteiger partial charge in [-0.1, -0.05) is 6.92 Å². The van der Waals surface area contributed by atoms with E-state index in [0.717, 1.165) is 31.8 Å². The summed E-state index contributed by atoms with van der Waals surface area (Å²) in [5.41, 5.74) is 2.37. The zero-order valence-electron chi connectivity index (χ0n) is 12.4. The predicted molar refractivity (Wildman–Crippen MR) is 74.9 cm³/mol. The number of hydrogen-bond donors (Lipinski definition) is 1. The lowest BCUT2D eigenvalue weighted by molar-refractivity contribution is 0.0475. The third-order valence-corrected chi connectivity index (χ3v) is 3.18. The molecule has 0 saturated heterocycles. The van der Waals surface area contributed by atoms with Crippen molar-refractivity contribution in [2.24, 2.45) is 0 Å². The van der Waals surface area contributed by atoms with E-state index in [4.69, 9.17) is 4.74 Å². The normalized spacial score (nSPS) is 14.7. The molecule has 2 atom stereocenters. The number of ether oxygens (including phenoxy) is 1.